The molecule has 25 heavy (non-hydrogen) atoms. The highest BCUT2D eigenvalue weighted by atomic mass is 32.2. The smallest absolute Gasteiger partial charge is 0.345 e. The number of amides is 1. The van der Waals surface area contributed by atoms with Crippen LogP contribution in [0.15, 0.2) is 36.4 Å². The van der Waals surface area contributed by atoms with Crippen molar-refractivity contribution in [3.63, 3.8) is 0 Å². The summed E-state index contributed by atoms with van der Waals surface area (Å²) in [6.45, 7) is 1.91. The molecule has 2 rings (SSSR count). The number of aromatic carboxylic acids is 1. The van der Waals surface area contributed by atoms with Gasteiger partial charge >= 0.3 is 5.97 Å². The van der Waals surface area contributed by atoms with Gasteiger partial charge in [-0.1, -0.05) is 19.1 Å². The van der Waals surface area contributed by atoms with Crippen molar-refractivity contribution in [3.8, 4) is 0 Å². The lowest BCUT2D eigenvalue weighted by Crippen LogP contribution is -2.25. The lowest BCUT2D eigenvalue weighted by molar-refractivity contribution is 0.0702. The normalized spacial score (nSPS) is 11.1. The number of benzene rings is 1. The van der Waals surface area contributed by atoms with Crippen molar-refractivity contribution in [1.29, 1.82) is 0 Å². The molecule has 1 aromatic carbocycles. The van der Waals surface area contributed by atoms with E-state index in [0.717, 1.165) is 11.3 Å². The van der Waals surface area contributed by atoms with Gasteiger partial charge in [0.1, 0.15) is 4.88 Å². The zero-order chi connectivity index (χ0) is 18.4. The molecule has 0 fully saturated rings. The van der Waals surface area contributed by atoms with Crippen LogP contribution >= 0.6 is 11.3 Å². The zero-order valence-corrected chi connectivity index (χ0v) is 15.1. The number of carbonyl (C=O) groups is 2. The fourth-order valence-electron chi connectivity index (χ4n) is 2.11. The van der Waals surface area contributed by atoms with Gasteiger partial charge in [-0.3, -0.25) is 9.52 Å². The van der Waals surface area contributed by atoms with Gasteiger partial charge in [-0.15, -0.1) is 11.3 Å². The summed E-state index contributed by atoms with van der Waals surface area (Å²) in [5.41, 5.74) is 0.419. The average Bonchev–Trinajstić information content (AvgIpc) is 3.02. The van der Waals surface area contributed by atoms with Gasteiger partial charge in [0.2, 0.25) is 10.0 Å². The van der Waals surface area contributed by atoms with Crippen LogP contribution < -0.4 is 10.0 Å². The molecular weight excluding hydrogens is 364 g/mol. The summed E-state index contributed by atoms with van der Waals surface area (Å²) < 4.78 is 26.3. The van der Waals surface area contributed by atoms with Crippen molar-refractivity contribution in [1.82, 2.24) is 5.32 Å². The molecule has 1 heterocycles. The molecule has 1 amide bonds. The number of anilines is 1. The van der Waals surface area contributed by atoms with Gasteiger partial charge in [0.25, 0.3) is 5.91 Å². The SMILES string of the molecule is CCCS(=O)(=O)Nc1ccccc1C(=O)NCc1ccc(C(=O)O)s1. The van der Waals surface area contributed by atoms with E-state index in [0.29, 0.717) is 11.3 Å². The topological polar surface area (TPSA) is 113 Å². The summed E-state index contributed by atoms with van der Waals surface area (Å²) in [7, 11) is -3.51. The summed E-state index contributed by atoms with van der Waals surface area (Å²) in [6, 6.07) is 9.43. The summed E-state index contributed by atoms with van der Waals surface area (Å²) >= 11 is 1.07. The van der Waals surface area contributed by atoms with Gasteiger partial charge in [-0.05, 0) is 30.7 Å². The van der Waals surface area contributed by atoms with Crippen LogP contribution in [0.4, 0.5) is 5.69 Å². The first-order valence-corrected chi connectivity index (χ1v) is 9.99. The minimum Gasteiger partial charge on any atom is -0.477 e. The Balaban J connectivity index is 2.10. The molecular formula is C16H18N2O5S2. The van der Waals surface area contributed by atoms with E-state index in [-0.39, 0.29) is 28.4 Å². The first-order valence-electron chi connectivity index (χ1n) is 7.52. The molecule has 9 heteroatoms. The Morgan fingerprint density at radius 1 is 1.16 bits per heavy atom. The predicted octanol–water partition coefficient (Wildman–Crippen LogP) is 2.53. The van der Waals surface area contributed by atoms with Gasteiger partial charge < -0.3 is 10.4 Å². The van der Waals surface area contributed by atoms with E-state index in [1.54, 1.807) is 25.1 Å². The van der Waals surface area contributed by atoms with Crippen LogP contribution in [0.5, 0.6) is 0 Å². The first-order chi connectivity index (χ1) is 11.8. The zero-order valence-electron chi connectivity index (χ0n) is 13.5. The van der Waals surface area contributed by atoms with Crippen molar-refractivity contribution >= 4 is 38.9 Å². The predicted molar refractivity (Wildman–Crippen MR) is 96.6 cm³/mol. The van der Waals surface area contributed by atoms with E-state index in [1.165, 1.54) is 18.2 Å². The van der Waals surface area contributed by atoms with E-state index in [9.17, 15) is 18.0 Å². The van der Waals surface area contributed by atoms with Gasteiger partial charge in [0.15, 0.2) is 0 Å². The number of carbonyl (C=O) groups excluding carboxylic acids is 1. The van der Waals surface area contributed by atoms with E-state index >= 15 is 0 Å². The summed E-state index contributed by atoms with van der Waals surface area (Å²) in [5.74, 6) is -1.49. The second kappa shape index (κ2) is 8.13. The highest BCUT2D eigenvalue weighted by molar-refractivity contribution is 7.92. The minimum atomic E-state index is -3.51. The van der Waals surface area contributed by atoms with Crippen LogP contribution in [0.25, 0.3) is 0 Å². The number of carboxylic acid groups (broad SMARTS) is 1. The van der Waals surface area contributed by atoms with Crippen LogP contribution in [-0.4, -0.2) is 31.2 Å². The Labute approximate surface area is 149 Å². The van der Waals surface area contributed by atoms with E-state index in [2.05, 4.69) is 10.0 Å². The van der Waals surface area contributed by atoms with Crippen molar-refractivity contribution in [2.75, 3.05) is 10.5 Å². The average molecular weight is 382 g/mol. The maximum absolute atomic E-state index is 12.4. The number of sulfonamides is 1. The van der Waals surface area contributed by atoms with Crippen LogP contribution in [0.2, 0.25) is 0 Å². The Hall–Kier alpha value is -2.39. The Kier molecular flexibility index (Phi) is 6.16. The van der Waals surface area contributed by atoms with Gasteiger partial charge in [-0.2, -0.15) is 0 Å². The number of carboxylic acids is 1. The molecule has 0 atom stereocenters. The lowest BCUT2D eigenvalue weighted by Gasteiger charge is -2.12. The fourth-order valence-corrected chi connectivity index (χ4v) is 4.05. The molecule has 0 aliphatic carbocycles. The molecule has 0 saturated heterocycles. The quantitative estimate of drug-likeness (QED) is 0.649. The van der Waals surface area contributed by atoms with Crippen molar-refractivity contribution in [2.24, 2.45) is 0 Å². The second-order valence-corrected chi connectivity index (χ2v) is 8.23. The number of hydrogen-bond acceptors (Lipinski definition) is 5. The highest BCUT2D eigenvalue weighted by Gasteiger charge is 2.16. The molecule has 0 spiro atoms. The molecule has 0 aliphatic heterocycles. The molecule has 0 aliphatic rings. The molecule has 3 N–H and O–H groups in total. The largest absolute Gasteiger partial charge is 0.477 e. The van der Waals surface area contributed by atoms with Gasteiger partial charge in [-0.25, -0.2) is 13.2 Å². The maximum Gasteiger partial charge on any atom is 0.345 e. The summed E-state index contributed by atoms with van der Waals surface area (Å²) in [4.78, 5) is 24.1. The summed E-state index contributed by atoms with van der Waals surface area (Å²) in [6.07, 6.45) is 0.466. The van der Waals surface area contributed by atoms with Gasteiger partial charge in [0.05, 0.1) is 23.5 Å². The Morgan fingerprint density at radius 3 is 2.52 bits per heavy atom. The number of rotatable bonds is 8. The lowest BCUT2D eigenvalue weighted by atomic mass is 10.1. The minimum absolute atomic E-state index is 0.0316. The van der Waals surface area contributed by atoms with Crippen LogP contribution in [0.1, 0.15) is 38.3 Å². The molecule has 134 valence electrons. The Morgan fingerprint density at radius 2 is 1.88 bits per heavy atom. The maximum atomic E-state index is 12.4. The third-order valence-electron chi connectivity index (χ3n) is 3.21. The molecule has 1 aromatic heterocycles. The Bertz CT molecular complexity index is 874. The van der Waals surface area contributed by atoms with Crippen LogP contribution in [-0.2, 0) is 16.6 Å². The van der Waals surface area contributed by atoms with E-state index in [1.807, 2.05) is 0 Å². The van der Waals surface area contributed by atoms with Gasteiger partial charge in [0, 0.05) is 4.88 Å². The number of thiophene rings is 1. The van der Waals surface area contributed by atoms with Crippen LogP contribution in [0, 0.1) is 0 Å². The number of hydrogen-bond donors (Lipinski definition) is 3. The fraction of sp³-hybridized carbons (Fsp3) is 0.250. The second-order valence-electron chi connectivity index (χ2n) is 5.22. The van der Waals surface area contributed by atoms with E-state index < -0.39 is 21.9 Å². The van der Waals surface area contributed by atoms with Crippen molar-refractivity contribution in [3.05, 3.63) is 51.7 Å². The number of nitrogens with one attached hydrogen (secondary N) is 2. The summed E-state index contributed by atoms with van der Waals surface area (Å²) in [5, 5.41) is 11.6. The molecule has 0 radical (unpaired) electrons. The number of para-hydroxylation sites is 1. The standard InChI is InChI=1S/C16H18N2O5S2/c1-2-9-25(22,23)18-13-6-4-3-5-12(13)15(19)17-10-11-7-8-14(24-11)16(20)21/h3-8,18H,2,9-10H2,1H3,(H,17,19)(H,20,21). The third-order valence-corrected chi connectivity index (χ3v) is 5.76. The monoisotopic (exact) mass is 382 g/mol. The van der Waals surface area contributed by atoms with Crippen LogP contribution in [0.3, 0.4) is 0 Å². The molecule has 0 bridgehead atoms. The van der Waals surface area contributed by atoms with E-state index in [4.69, 9.17) is 5.11 Å². The third kappa shape index (κ3) is 5.30. The van der Waals surface area contributed by atoms with Crippen molar-refractivity contribution in [2.45, 2.75) is 19.9 Å². The molecule has 0 saturated carbocycles. The molecule has 0 unspecified atom stereocenters. The first kappa shape index (κ1) is 18.9. The highest BCUT2D eigenvalue weighted by Crippen LogP contribution is 2.19. The molecule has 2 aromatic rings. The molecule has 7 nitrogen and oxygen atoms in total. The van der Waals surface area contributed by atoms with Crippen molar-refractivity contribution < 1.29 is 23.1 Å².